The molecule has 0 radical (unpaired) electrons. The lowest BCUT2D eigenvalue weighted by Gasteiger charge is -2.43. The highest BCUT2D eigenvalue weighted by Crippen LogP contribution is 2.26. The molecule has 0 saturated carbocycles. The van der Waals surface area contributed by atoms with Crippen LogP contribution in [0.5, 0.6) is 0 Å². The normalized spacial score (nSPS) is 23.5. The Morgan fingerprint density at radius 3 is 2.54 bits per heavy atom. The maximum absolute atomic E-state index is 11.0. The van der Waals surface area contributed by atoms with Crippen molar-refractivity contribution in [3.63, 3.8) is 0 Å². The molecule has 1 N–H and O–H groups in total. The first-order valence-electron chi connectivity index (χ1n) is 4.51. The van der Waals surface area contributed by atoms with Gasteiger partial charge in [0.05, 0.1) is 0 Å². The molecule has 1 saturated heterocycles. The third-order valence-corrected chi connectivity index (χ3v) is 2.62. The van der Waals surface area contributed by atoms with Crippen LogP contribution in [-0.2, 0) is 9.59 Å². The number of carbonyl (C=O) groups excluding carboxylic acids is 1. The number of hydrogen-bond acceptors (Lipinski definition) is 2. The predicted molar refractivity (Wildman–Crippen MR) is 47.2 cm³/mol. The number of nitrogens with zero attached hydrogens (tertiary/aromatic N) is 1. The summed E-state index contributed by atoms with van der Waals surface area (Å²) in [5.41, 5.74) is 0. The second kappa shape index (κ2) is 3.77. The number of carbonyl (C=O) groups is 2. The first-order chi connectivity index (χ1) is 6.02. The van der Waals surface area contributed by atoms with Gasteiger partial charge in [0.2, 0.25) is 5.91 Å². The Kier molecular flexibility index (Phi) is 2.90. The predicted octanol–water partition coefficient (Wildman–Crippen LogP) is 0.718. The van der Waals surface area contributed by atoms with Crippen molar-refractivity contribution in [3.05, 3.63) is 0 Å². The molecule has 13 heavy (non-hydrogen) atoms. The van der Waals surface area contributed by atoms with Crippen molar-refractivity contribution in [3.8, 4) is 0 Å². The van der Waals surface area contributed by atoms with Crippen LogP contribution in [0.25, 0.3) is 0 Å². The maximum atomic E-state index is 11.0. The van der Waals surface area contributed by atoms with E-state index in [0.29, 0.717) is 0 Å². The molecule has 0 aromatic heterocycles. The average Bonchev–Trinajstić information content (AvgIpc) is 1.79. The molecule has 0 aromatic rings. The van der Waals surface area contributed by atoms with Crippen molar-refractivity contribution < 1.29 is 14.7 Å². The largest absolute Gasteiger partial charge is 0.481 e. The second-order valence-electron chi connectivity index (χ2n) is 3.64. The molecule has 1 fully saturated rings. The van der Waals surface area contributed by atoms with Crippen LogP contribution in [-0.4, -0.2) is 34.5 Å². The molecule has 1 aliphatic heterocycles. The number of aliphatic carboxylic acids is 1. The van der Waals surface area contributed by atoms with Crippen LogP contribution >= 0.6 is 0 Å². The average molecular weight is 185 g/mol. The lowest BCUT2D eigenvalue weighted by Crippen LogP contribution is -2.53. The Morgan fingerprint density at radius 1 is 1.62 bits per heavy atom. The summed E-state index contributed by atoms with van der Waals surface area (Å²) in [6, 6.07) is 0.147. The third-order valence-electron chi connectivity index (χ3n) is 2.62. The van der Waals surface area contributed by atoms with E-state index in [0.717, 1.165) is 13.0 Å². The smallest absolute Gasteiger partial charge is 0.303 e. The number of carboxylic acid groups (broad SMARTS) is 1. The van der Waals surface area contributed by atoms with Gasteiger partial charge < -0.3 is 10.0 Å². The molecule has 74 valence electrons. The number of carboxylic acids is 1. The fraction of sp³-hybridized carbons (Fsp3) is 0.778. The lowest BCUT2D eigenvalue weighted by molar-refractivity contribution is -0.144. The molecule has 2 unspecified atom stereocenters. The van der Waals surface area contributed by atoms with E-state index in [1.54, 1.807) is 4.90 Å². The summed E-state index contributed by atoms with van der Waals surface area (Å²) in [4.78, 5) is 23.2. The third kappa shape index (κ3) is 2.20. The minimum absolute atomic E-state index is 0.0495. The fourth-order valence-corrected chi connectivity index (χ4v) is 1.80. The van der Waals surface area contributed by atoms with Crippen molar-refractivity contribution in [2.24, 2.45) is 5.92 Å². The molecule has 0 aliphatic carbocycles. The number of hydrogen-bond donors (Lipinski definition) is 1. The number of amides is 1. The summed E-state index contributed by atoms with van der Waals surface area (Å²) in [6.45, 7) is 4.19. The molecule has 0 spiro atoms. The fourth-order valence-electron chi connectivity index (χ4n) is 1.80. The van der Waals surface area contributed by atoms with Crippen LogP contribution in [0.2, 0.25) is 0 Å². The van der Waals surface area contributed by atoms with E-state index in [1.807, 2.05) is 6.92 Å². The van der Waals surface area contributed by atoms with Crippen molar-refractivity contribution >= 4 is 11.9 Å². The van der Waals surface area contributed by atoms with Crippen molar-refractivity contribution in [1.29, 1.82) is 0 Å². The lowest BCUT2D eigenvalue weighted by atomic mass is 9.88. The molecule has 4 heteroatoms. The standard InChI is InChI=1S/C9H15NO3/c1-6(5-9(12)13)8-3-4-10(8)7(2)11/h6,8H,3-5H2,1-2H3,(H,12,13). The highest BCUT2D eigenvalue weighted by Gasteiger charge is 2.34. The van der Waals surface area contributed by atoms with E-state index in [1.165, 1.54) is 6.92 Å². The summed E-state index contributed by atoms with van der Waals surface area (Å²) in [6.07, 6.45) is 1.09. The molecule has 1 amide bonds. The van der Waals surface area contributed by atoms with E-state index >= 15 is 0 Å². The quantitative estimate of drug-likeness (QED) is 0.704. The van der Waals surface area contributed by atoms with Gasteiger partial charge in [0.15, 0.2) is 0 Å². The Hall–Kier alpha value is -1.06. The van der Waals surface area contributed by atoms with Crippen molar-refractivity contribution in [2.75, 3.05) is 6.54 Å². The van der Waals surface area contributed by atoms with Gasteiger partial charge in [0.25, 0.3) is 0 Å². The van der Waals surface area contributed by atoms with Crippen LogP contribution in [0, 0.1) is 5.92 Å². The van der Waals surface area contributed by atoms with Gasteiger partial charge in [-0.3, -0.25) is 9.59 Å². The zero-order valence-corrected chi connectivity index (χ0v) is 7.99. The molecule has 0 bridgehead atoms. The van der Waals surface area contributed by atoms with Crippen LogP contribution in [0.4, 0.5) is 0 Å². The first kappa shape index (κ1) is 10.0. The molecule has 1 rings (SSSR count). The molecule has 1 heterocycles. The Morgan fingerprint density at radius 2 is 2.23 bits per heavy atom. The van der Waals surface area contributed by atoms with E-state index in [2.05, 4.69) is 0 Å². The highest BCUT2D eigenvalue weighted by atomic mass is 16.4. The van der Waals surface area contributed by atoms with Gasteiger partial charge in [-0.05, 0) is 12.3 Å². The van der Waals surface area contributed by atoms with Crippen LogP contribution in [0.3, 0.4) is 0 Å². The van der Waals surface area contributed by atoms with Gasteiger partial charge in [-0.25, -0.2) is 0 Å². The van der Waals surface area contributed by atoms with Crippen LogP contribution < -0.4 is 0 Å². The summed E-state index contributed by atoms with van der Waals surface area (Å²) in [5.74, 6) is -0.674. The molecule has 0 aromatic carbocycles. The van der Waals surface area contributed by atoms with Gasteiger partial charge in [-0.2, -0.15) is 0 Å². The zero-order chi connectivity index (χ0) is 10.0. The second-order valence-corrected chi connectivity index (χ2v) is 3.64. The Balaban J connectivity index is 2.44. The highest BCUT2D eigenvalue weighted by molar-refractivity contribution is 5.74. The SMILES string of the molecule is CC(=O)N1CCC1C(C)CC(=O)O. The van der Waals surface area contributed by atoms with E-state index < -0.39 is 5.97 Å². The number of likely N-dealkylation sites (tertiary alicyclic amines) is 1. The Labute approximate surface area is 77.5 Å². The molecule has 2 atom stereocenters. The minimum Gasteiger partial charge on any atom is -0.481 e. The zero-order valence-electron chi connectivity index (χ0n) is 7.99. The van der Waals surface area contributed by atoms with Crippen LogP contribution in [0.1, 0.15) is 26.7 Å². The molecular weight excluding hydrogens is 170 g/mol. The van der Waals surface area contributed by atoms with Crippen LogP contribution in [0.15, 0.2) is 0 Å². The summed E-state index contributed by atoms with van der Waals surface area (Å²) >= 11 is 0. The number of rotatable bonds is 3. The summed E-state index contributed by atoms with van der Waals surface area (Å²) in [5, 5.41) is 8.57. The van der Waals surface area contributed by atoms with Gasteiger partial charge in [-0.1, -0.05) is 6.92 Å². The minimum atomic E-state index is -0.789. The van der Waals surface area contributed by atoms with Gasteiger partial charge in [0, 0.05) is 25.9 Å². The summed E-state index contributed by atoms with van der Waals surface area (Å²) in [7, 11) is 0. The summed E-state index contributed by atoms with van der Waals surface area (Å²) < 4.78 is 0. The van der Waals surface area contributed by atoms with Crippen molar-refractivity contribution in [2.45, 2.75) is 32.7 Å². The Bertz CT molecular complexity index is 227. The maximum Gasteiger partial charge on any atom is 0.303 e. The molecule has 1 aliphatic rings. The van der Waals surface area contributed by atoms with Crippen molar-refractivity contribution in [1.82, 2.24) is 4.90 Å². The molecule has 4 nitrogen and oxygen atoms in total. The van der Waals surface area contributed by atoms with Gasteiger partial charge in [0.1, 0.15) is 0 Å². The van der Waals surface area contributed by atoms with E-state index in [9.17, 15) is 9.59 Å². The van der Waals surface area contributed by atoms with E-state index in [4.69, 9.17) is 5.11 Å². The topological polar surface area (TPSA) is 57.6 Å². The molecular formula is C9H15NO3. The first-order valence-corrected chi connectivity index (χ1v) is 4.51. The monoisotopic (exact) mass is 185 g/mol. The van der Waals surface area contributed by atoms with Gasteiger partial charge in [-0.15, -0.1) is 0 Å². The van der Waals surface area contributed by atoms with E-state index in [-0.39, 0.29) is 24.3 Å². The van der Waals surface area contributed by atoms with Gasteiger partial charge >= 0.3 is 5.97 Å².